The van der Waals surface area contributed by atoms with Crippen LogP contribution in [-0.2, 0) is 0 Å². The van der Waals surface area contributed by atoms with E-state index in [0.29, 0.717) is 18.2 Å². The number of hydrazone groups is 1. The highest BCUT2D eigenvalue weighted by molar-refractivity contribution is 6.02. The first-order valence-corrected chi connectivity index (χ1v) is 7.91. The van der Waals surface area contributed by atoms with Crippen molar-refractivity contribution in [1.82, 2.24) is 19.6 Å². The third-order valence-corrected chi connectivity index (χ3v) is 3.79. The number of aromatic nitrogens is 3. The second-order valence-electron chi connectivity index (χ2n) is 5.49. The number of benzene rings is 1. The van der Waals surface area contributed by atoms with E-state index in [1.165, 1.54) is 0 Å². The number of aliphatic imine (C=N–C) groups is 1. The highest BCUT2D eigenvalue weighted by Crippen LogP contribution is 2.19. The van der Waals surface area contributed by atoms with Crippen LogP contribution in [0.3, 0.4) is 0 Å². The molecule has 25 heavy (non-hydrogen) atoms. The Morgan fingerprint density at radius 1 is 1.12 bits per heavy atom. The van der Waals surface area contributed by atoms with E-state index < -0.39 is 0 Å². The van der Waals surface area contributed by atoms with E-state index in [9.17, 15) is 0 Å². The monoisotopic (exact) mass is 328 g/mol. The summed E-state index contributed by atoms with van der Waals surface area (Å²) in [4.78, 5) is 8.64. The molecule has 0 bridgehead atoms. The van der Waals surface area contributed by atoms with Crippen molar-refractivity contribution >= 4 is 18.2 Å². The van der Waals surface area contributed by atoms with Crippen LogP contribution in [-0.4, -0.2) is 38.7 Å². The molecule has 0 unspecified atom stereocenters. The summed E-state index contributed by atoms with van der Waals surface area (Å²) in [6.07, 6.45) is 9.73. The molecule has 3 heterocycles. The molecule has 0 spiro atoms. The molecule has 0 atom stereocenters. The van der Waals surface area contributed by atoms with Gasteiger partial charge in [-0.1, -0.05) is 36.4 Å². The maximum Gasteiger partial charge on any atom is 0.182 e. The molecule has 6 heteroatoms. The minimum atomic E-state index is 0.561. The topological polar surface area (TPSA) is 58.2 Å². The summed E-state index contributed by atoms with van der Waals surface area (Å²) < 4.78 is 1.76. The van der Waals surface area contributed by atoms with Gasteiger partial charge < -0.3 is 0 Å². The highest BCUT2D eigenvalue weighted by atomic mass is 15.5. The van der Waals surface area contributed by atoms with Gasteiger partial charge in [-0.15, -0.1) is 5.10 Å². The van der Waals surface area contributed by atoms with Gasteiger partial charge in [0, 0.05) is 23.5 Å². The van der Waals surface area contributed by atoms with Crippen LogP contribution >= 0.6 is 0 Å². The summed E-state index contributed by atoms with van der Waals surface area (Å²) in [5.74, 6) is 1.22. The molecule has 122 valence electrons. The molecule has 4 rings (SSSR count). The van der Waals surface area contributed by atoms with Crippen LogP contribution in [0.2, 0.25) is 0 Å². The van der Waals surface area contributed by atoms with Crippen LogP contribution < -0.4 is 0 Å². The number of pyridine rings is 1. The van der Waals surface area contributed by atoms with Crippen molar-refractivity contribution in [2.75, 3.05) is 6.54 Å². The van der Waals surface area contributed by atoms with E-state index in [1.54, 1.807) is 4.52 Å². The largest absolute Gasteiger partial charge is 0.267 e. The van der Waals surface area contributed by atoms with E-state index in [-0.39, 0.29) is 0 Å². The predicted molar refractivity (Wildman–Crippen MR) is 99.5 cm³/mol. The fourth-order valence-corrected chi connectivity index (χ4v) is 2.58. The molecule has 0 N–H and O–H groups in total. The first-order chi connectivity index (χ1) is 12.3. The van der Waals surface area contributed by atoms with Crippen LogP contribution in [0.1, 0.15) is 5.56 Å². The molecule has 1 aliphatic heterocycles. The standard InChI is InChI=1S/C19H16N6/c1-20-18(22-24-11-4-2-5-12-24)15-8-7-9-16(14-15)19-21-17-10-3-6-13-25(17)23-19/h2-11,13-14H,1,12H2/b22-18-. The first-order valence-electron chi connectivity index (χ1n) is 7.91. The fraction of sp³-hybridized carbons (Fsp3) is 0.0526. The van der Waals surface area contributed by atoms with Crippen molar-refractivity contribution in [1.29, 1.82) is 0 Å². The lowest BCUT2D eigenvalue weighted by atomic mass is 10.1. The smallest absolute Gasteiger partial charge is 0.182 e. The summed E-state index contributed by atoms with van der Waals surface area (Å²) >= 11 is 0. The molecule has 0 fully saturated rings. The van der Waals surface area contributed by atoms with E-state index in [0.717, 1.165) is 16.8 Å². The van der Waals surface area contributed by atoms with E-state index in [2.05, 4.69) is 26.9 Å². The van der Waals surface area contributed by atoms with Gasteiger partial charge in [0.25, 0.3) is 0 Å². The van der Waals surface area contributed by atoms with Crippen LogP contribution in [0.25, 0.3) is 17.0 Å². The summed E-state index contributed by atoms with van der Waals surface area (Å²) in [6, 6.07) is 13.6. The molecule has 0 amide bonds. The maximum atomic E-state index is 4.56. The number of hydrogen-bond acceptors (Lipinski definition) is 4. The van der Waals surface area contributed by atoms with Gasteiger partial charge in [0.1, 0.15) is 0 Å². The average molecular weight is 328 g/mol. The lowest BCUT2D eigenvalue weighted by Crippen LogP contribution is -2.14. The first kappa shape index (κ1) is 15.0. The van der Waals surface area contributed by atoms with E-state index in [4.69, 9.17) is 0 Å². The summed E-state index contributed by atoms with van der Waals surface area (Å²) in [5.41, 5.74) is 2.59. The van der Waals surface area contributed by atoms with Gasteiger partial charge in [0.15, 0.2) is 17.3 Å². The van der Waals surface area contributed by atoms with Crippen molar-refractivity contribution in [3.05, 3.63) is 78.7 Å². The Labute approximate surface area is 145 Å². The lowest BCUT2D eigenvalue weighted by molar-refractivity contribution is 0.439. The van der Waals surface area contributed by atoms with Gasteiger partial charge in [-0.25, -0.2) is 14.5 Å². The molecule has 0 aliphatic carbocycles. The Bertz CT molecular complexity index is 978. The molecular weight excluding hydrogens is 312 g/mol. The SMILES string of the molecule is C=N/C(=N\N1C=CC=CC1)c1cccc(-c2nc3ccccn3n2)c1. The van der Waals surface area contributed by atoms with Crippen LogP contribution in [0.15, 0.2) is 83.2 Å². The Kier molecular flexibility index (Phi) is 3.92. The van der Waals surface area contributed by atoms with E-state index in [1.807, 2.05) is 78.1 Å². The van der Waals surface area contributed by atoms with Gasteiger partial charge in [-0.3, -0.25) is 5.01 Å². The molecule has 2 aromatic heterocycles. The molecule has 3 aromatic rings. The molecule has 0 saturated heterocycles. The predicted octanol–water partition coefficient (Wildman–Crippen LogP) is 3.14. The number of hydrogen-bond donors (Lipinski definition) is 0. The van der Waals surface area contributed by atoms with Crippen molar-refractivity contribution < 1.29 is 0 Å². The third kappa shape index (κ3) is 3.10. The van der Waals surface area contributed by atoms with Gasteiger partial charge >= 0.3 is 0 Å². The Balaban J connectivity index is 1.70. The average Bonchev–Trinajstić information content (AvgIpc) is 3.11. The number of fused-ring (bicyclic) bond motifs is 1. The molecule has 6 nitrogen and oxygen atoms in total. The van der Waals surface area contributed by atoms with Crippen molar-refractivity contribution in [2.24, 2.45) is 10.1 Å². The summed E-state index contributed by atoms with van der Waals surface area (Å²) in [6.45, 7) is 4.37. The van der Waals surface area contributed by atoms with Gasteiger partial charge in [-0.2, -0.15) is 5.10 Å². The van der Waals surface area contributed by atoms with Crippen molar-refractivity contribution in [3.63, 3.8) is 0 Å². The zero-order valence-electron chi connectivity index (χ0n) is 13.5. The van der Waals surface area contributed by atoms with Gasteiger partial charge in [0.05, 0.1) is 6.54 Å². The number of allylic oxidation sites excluding steroid dienone is 2. The van der Waals surface area contributed by atoms with Gasteiger partial charge in [0.2, 0.25) is 0 Å². The number of nitrogens with zero attached hydrogens (tertiary/aromatic N) is 6. The normalized spacial score (nSPS) is 14.2. The molecule has 0 saturated carbocycles. The molecule has 1 aliphatic rings. The Morgan fingerprint density at radius 3 is 2.88 bits per heavy atom. The van der Waals surface area contributed by atoms with E-state index >= 15 is 0 Å². The molecule has 1 aromatic carbocycles. The zero-order chi connectivity index (χ0) is 17.1. The summed E-state index contributed by atoms with van der Waals surface area (Å²) in [5, 5.41) is 10.9. The maximum absolute atomic E-state index is 4.56. The van der Waals surface area contributed by atoms with Crippen molar-refractivity contribution in [3.8, 4) is 11.4 Å². The Morgan fingerprint density at radius 2 is 2.08 bits per heavy atom. The summed E-state index contributed by atoms with van der Waals surface area (Å²) in [7, 11) is 0. The zero-order valence-corrected chi connectivity index (χ0v) is 13.5. The molecule has 0 radical (unpaired) electrons. The second-order valence-corrected chi connectivity index (χ2v) is 5.49. The number of rotatable bonds is 3. The van der Waals surface area contributed by atoms with Gasteiger partial charge in [-0.05, 0) is 31.0 Å². The third-order valence-electron chi connectivity index (χ3n) is 3.79. The minimum Gasteiger partial charge on any atom is -0.267 e. The quantitative estimate of drug-likeness (QED) is 0.548. The van der Waals surface area contributed by atoms with Crippen LogP contribution in [0.4, 0.5) is 0 Å². The van der Waals surface area contributed by atoms with Crippen molar-refractivity contribution in [2.45, 2.75) is 0 Å². The highest BCUT2D eigenvalue weighted by Gasteiger charge is 2.10. The van der Waals surface area contributed by atoms with Crippen LogP contribution in [0.5, 0.6) is 0 Å². The molecular formula is C19H16N6. The van der Waals surface area contributed by atoms with Crippen LogP contribution in [0, 0.1) is 0 Å². The second kappa shape index (κ2) is 6.52. The minimum absolute atomic E-state index is 0.561. The fourth-order valence-electron chi connectivity index (χ4n) is 2.58. The Hall–Kier alpha value is -3.54. The lowest BCUT2D eigenvalue weighted by Gasteiger charge is -2.15. The number of amidine groups is 1.